The van der Waals surface area contributed by atoms with Gasteiger partial charge in [-0.05, 0) is 32.0 Å². The van der Waals surface area contributed by atoms with Crippen molar-refractivity contribution in [3.63, 3.8) is 0 Å². The van der Waals surface area contributed by atoms with Crippen LogP contribution in [0.15, 0.2) is 18.2 Å². The number of benzene rings is 1. The summed E-state index contributed by atoms with van der Waals surface area (Å²) in [5, 5.41) is 5.01. The van der Waals surface area contributed by atoms with E-state index in [2.05, 4.69) is 10.6 Å². The molecule has 0 aliphatic heterocycles. The van der Waals surface area contributed by atoms with Crippen molar-refractivity contribution in [3.05, 3.63) is 29.3 Å². The molecule has 0 spiro atoms. The van der Waals surface area contributed by atoms with E-state index < -0.39 is 17.6 Å². The molecule has 0 aliphatic rings. The first-order chi connectivity index (χ1) is 9.79. The molecule has 1 unspecified atom stereocenters. The van der Waals surface area contributed by atoms with Gasteiger partial charge in [0, 0.05) is 31.5 Å². The lowest BCUT2D eigenvalue weighted by Crippen LogP contribution is -2.32. The Bertz CT molecular complexity index is 490. The molecule has 0 fully saturated rings. The van der Waals surface area contributed by atoms with E-state index >= 15 is 0 Å². The van der Waals surface area contributed by atoms with Crippen molar-refractivity contribution < 1.29 is 22.7 Å². The van der Waals surface area contributed by atoms with Crippen LogP contribution in [0.2, 0.25) is 0 Å². The van der Waals surface area contributed by atoms with Crippen LogP contribution >= 0.6 is 0 Å². The highest BCUT2D eigenvalue weighted by molar-refractivity contribution is 5.95. The molecule has 0 saturated carbocycles. The SMILES string of the molecule is CCOC(C)CNC(=O)c1ccc(NC)c(C(F)(F)F)c1. The molecule has 0 aromatic heterocycles. The van der Waals surface area contributed by atoms with Gasteiger partial charge in [-0.3, -0.25) is 4.79 Å². The molecule has 21 heavy (non-hydrogen) atoms. The van der Waals surface area contributed by atoms with E-state index in [9.17, 15) is 18.0 Å². The van der Waals surface area contributed by atoms with E-state index in [0.717, 1.165) is 6.07 Å². The molecule has 1 amide bonds. The van der Waals surface area contributed by atoms with Crippen molar-refractivity contribution in [2.24, 2.45) is 0 Å². The quantitative estimate of drug-likeness (QED) is 0.849. The predicted octanol–water partition coefficient (Wildman–Crippen LogP) is 2.90. The summed E-state index contributed by atoms with van der Waals surface area (Å²) in [6.45, 7) is 4.34. The van der Waals surface area contributed by atoms with Gasteiger partial charge in [0.25, 0.3) is 5.91 Å². The zero-order chi connectivity index (χ0) is 16.0. The fourth-order valence-corrected chi connectivity index (χ4v) is 1.82. The average Bonchev–Trinajstić information content (AvgIpc) is 2.43. The molecule has 1 aromatic rings. The van der Waals surface area contributed by atoms with Crippen LogP contribution in [0, 0.1) is 0 Å². The zero-order valence-corrected chi connectivity index (χ0v) is 12.2. The van der Waals surface area contributed by atoms with Gasteiger partial charge in [-0.15, -0.1) is 0 Å². The summed E-state index contributed by atoms with van der Waals surface area (Å²) in [6.07, 6.45) is -4.72. The molecule has 0 saturated heterocycles. The smallest absolute Gasteiger partial charge is 0.388 e. The Kier molecular flexibility index (Phi) is 6.02. The zero-order valence-electron chi connectivity index (χ0n) is 12.2. The number of carbonyl (C=O) groups excluding carboxylic acids is 1. The normalized spacial score (nSPS) is 12.9. The number of ether oxygens (including phenoxy) is 1. The minimum absolute atomic E-state index is 0.0370. The van der Waals surface area contributed by atoms with Crippen molar-refractivity contribution in [1.29, 1.82) is 0 Å². The molecular formula is C14H19F3N2O2. The standard InChI is InChI=1S/C14H19F3N2O2/c1-4-21-9(2)8-19-13(20)10-5-6-12(18-3)11(7-10)14(15,16)17/h5-7,9,18H,4,8H2,1-3H3,(H,19,20). The Morgan fingerprint density at radius 3 is 2.57 bits per heavy atom. The Hall–Kier alpha value is -1.76. The minimum atomic E-state index is -4.52. The summed E-state index contributed by atoms with van der Waals surface area (Å²) in [5.74, 6) is -0.560. The molecule has 0 heterocycles. The molecule has 0 bridgehead atoms. The Balaban J connectivity index is 2.86. The van der Waals surface area contributed by atoms with Crippen LogP contribution in [0.25, 0.3) is 0 Å². The van der Waals surface area contributed by atoms with Crippen molar-refractivity contribution in [2.45, 2.75) is 26.1 Å². The molecule has 0 aliphatic carbocycles. The first-order valence-electron chi connectivity index (χ1n) is 6.58. The van der Waals surface area contributed by atoms with Gasteiger partial charge in [0.05, 0.1) is 11.7 Å². The summed E-state index contributed by atoms with van der Waals surface area (Å²) < 4.78 is 43.9. The van der Waals surface area contributed by atoms with Crippen LogP contribution in [0.5, 0.6) is 0 Å². The van der Waals surface area contributed by atoms with Crippen LogP contribution in [-0.4, -0.2) is 32.2 Å². The van der Waals surface area contributed by atoms with Crippen molar-refractivity contribution >= 4 is 11.6 Å². The number of hydrogen-bond donors (Lipinski definition) is 2. The monoisotopic (exact) mass is 304 g/mol. The molecule has 118 valence electrons. The lowest BCUT2D eigenvalue weighted by Gasteiger charge is -2.15. The molecule has 1 atom stereocenters. The predicted molar refractivity (Wildman–Crippen MR) is 74.4 cm³/mol. The Morgan fingerprint density at radius 2 is 2.05 bits per heavy atom. The first kappa shape index (κ1) is 17.3. The van der Waals surface area contributed by atoms with Gasteiger partial charge in [0.15, 0.2) is 0 Å². The van der Waals surface area contributed by atoms with E-state index in [1.807, 2.05) is 6.92 Å². The number of anilines is 1. The van der Waals surface area contributed by atoms with E-state index in [0.29, 0.717) is 6.61 Å². The van der Waals surface area contributed by atoms with E-state index in [4.69, 9.17) is 4.74 Å². The van der Waals surface area contributed by atoms with Gasteiger partial charge >= 0.3 is 6.18 Å². The molecular weight excluding hydrogens is 285 g/mol. The van der Waals surface area contributed by atoms with Crippen molar-refractivity contribution in [2.75, 3.05) is 25.5 Å². The van der Waals surface area contributed by atoms with Crippen molar-refractivity contribution in [1.82, 2.24) is 5.32 Å². The average molecular weight is 304 g/mol. The van der Waals surface area contributed by atoms with Crippen LogP contribution < -0.4 is 10.6 Å². The molecule has 7 heteroatoms. The second kappa shape index (κ2) is 7.31. The maximum Gasteiger partial charge on any atom is 0.418 e. The summed E-state index contributed by atoms with van der Waals surface area (Å²) in [6, 6.07) is 3.43. The summed E-state index contributed by atoms with van der Waals surface area (Å²) in [4.78, 5) is 11.9. The number of amides is 1. The van der Waals surface area contributed by atoms with Gasteiger partial charge in [0.1, 0.15) is 0 Å². The van der Waals surface area contributed by atoms with Gasteiger partial charge in [0.2, 0.25) is 0 Å². The van der Waals surface area contributed by atoms with Gasteiger partial charge in [-0.25, -0.2) is 0 Å². The number of nitrogens with one attached hydrogen (secondary N) is 2. The van der Waals surface area contributed by atoms with E-state index in [1.165, 1.54) is 19.2 Å². The van der Waals surface area contributed by atoms with E-state index in [1.54, 1.807) is 6.92 Å². The third kappa shape index (κ3) is 4.93. The van der Waals surface area contributed by atoms with Crippen LogP contribution in [0.4, 0.5) is 18.9 Å². The third-order valence-corrected chi connectivity index (χ3v) is 2.86. The molecule has 1 rings (SSSR count). The minimum Gasteiger partial charge on any atom is -0.388 e. The number of carbonyl (C=O) groups is 1. The second-order valence-corrected chi connectivity index (χ2v) is 4.48. The summed E-state index contributed by atoms with van der Waals surface area (Å²) in [5.41, 5.74) is -0.970. The fourth-order valence-electron chi connectivity index (χ4n) is 1.82. The Morgan fingerprint density at radius 1 is 1.38 bits per heavy atom. The number of rotatable bonds is 6. The number of hydrogen-bond acceptors (Lipinski definition) is 3. The molecule has 0 radical (unpaired) electrons. The fraction of sp³-hybridized carbons (Fsp3) is 0.500. The summed E-state index contributed by atoms with van der Waals surface area (Å²) >= 11 is 0. The lowest BCUT2D eigenvalue weighted by molar-refractivity contribution is -0.136. The van der Waals surface area contributed by atoms with Crippen LogP contribution in [-0.2, 0) is 10.9 Å². The maximum atomic E-state index is 12.9. The summed E-state index contributed by atoms with van der Waals surface area (Å²) in [7, 11) is 1.40. The number of alkyl halides is 3. The molecule has 4 nitrogen and oxygen atoms in total. The van der Waals surface area contributed by atoms with Crippen LogP contribution in [0.1, 0.15) is 29.8 Å². The van der Waals surface area contributed by atoms with Crippen molar-refractivity contribution in [3.8, 4) is 0 Å². The number of halogens is 3. The van der Waals surface area contributed by atoms with Crippen LogP contribution in [0.3, 0.4) is 0 Å². The van der Waals surface area contributed by atoms with E-state index in [-0.39, 0.29) is 23.9 Å². The second-order valence-electron chi connectivity index (χ2n) is 4.48. The first-order valence-corrected chi connectivity index (χ1v) is 6.58. The highest BCUT2D eigenvalue weighted by atomic mass is 19.4. The lowest BCUT2D eigenvalue weighted by atomic mass is 10.1. The topological polar surface area (TPSA) is 50.4 Å². The van der Waals surface area contributed by atoms with Gasteiger partial charge < -0.3 is 15.4 Å². The highest BCUT2D eigenvalue weighted by Crippen LogP contribution is 2.35. The molecule has 1 aromatic carbocycles. The third-order valence-electron chi connectivity index (χ3n) is 2.86. The largest absolute Gasteiger partial charge is 0.418 e. The van der Waals surface area contributed by atoms with Gasteiger partial charge in [-0.1, -0.05) is 0 Å². The van der Waals surface area contributed by atoms with Gasteiger partial charge in [-0.2, -0.15) is 13.2 Å². The highest BCUT2D eigenvalue weighted by Gasteiger charge is 2.34. The Labute approximate surface area is 121 Å². The maximum absolute atomic E-state index is 12.9. The molecule has 2 N–H and O–H groups in total.